The molecule has 4 aromatic carbocycles. The van der Waals surface area contributed by atoms with Crippen molar-refractivity contribution >= 4 is 33.6 Å². The Morgan fingerprint density at radius 1 is 0.472 bits per heavy atom. The summed E-state index contributed by atoms with van der Waals surface area (Å²) in [7, 11) is 0. The van der Waals surface area contributed by atoms with Crippen LogP contribution in [-0.2, 0) is 0 Å². The summed E-state index contributed by atoms with van der Waals surface area (Å²) in [6, 6.07) is 30.7. The second-order valence-corrected chi connectivity index (χ2v) is 8.32. The van der Waals surface area contributed by atoms with Crippen molar-refractivity contribution in [1.82, 2.24) is 9.97 Å². The van der Waals surface area contributed by atoms with Crippen LogP contribution in [0.4, 0.5) is 0 Å². The summed E-state index contributed by atoms with van der Waals surface area (Å²) < 4.78 is 0. The van der Waals surface area contributed by atoms with Crippen LogP contribution in [-0.4, -0.2) is 21.8 Å². The monoisotopic (exact) mass is 472 g/mol. The summed E-state index contributed by atoms with van der Waals surface area (Å²) in [5.41, 5.74) is 17.7. The Labute approximate surface area is 207 Å². The molecule has 0 unspecified atom stereocenters. The second-order valence-electron chi connectivity index (χ2n) is 8.32. The van der Waals surface area contributed by atoms with Gasteiger partial charge < -0.3 is 21.4 Å². The molecule has 0 fully saturated rings. The molecular weight excluding hydrogens is 448 g/mol. The molecule has 0 atom stereocenters. The number of para-hydroxylation sites is 2. The Balaban J connectivity index is 0.000000148. The van der Waals surface area contributed by atoms with E-state index in [2.05, 4.69) is 9.97 Å². The predicted octanol–water partition coefficient (Wildman–Crippen LogP) is 5.87. The van der Waals surface area contributed by atoms with E-state index in [-0.39, 0.29) is 0 Å². The van der Waals surface area contributed by atoms with Gasteiger partial charge >= 0.3 is 0 Å². The van der Waals surface area contributed by atoms with Crippen molar-refractivity contribution in [3.05, 3.63) is 121 Å². The van der Waals surface area contributed by atoms with Crippen molar-refractivity contribution in [2.45, 2.75) is 0 Å². The normalized spacial score (nSPS) is 10.7. The Morgan fingerprint density at radius 2 is 0.833 bits per heavy atom. The third-order valence-corrected chi connectivity index (χ3v) is 6.14. The van der Waals surface area contributed by atoms with E-state index in [0.717, 1.165) is 44.1 Å². The van der Waals surface area contributed by atoms with Crippen LogP contribution >= 0.6 is 0 Å². The topological polar surface area (TPSA) is 118 Å². The Hall–Kier alpha value is -5.10. The van der Waals surface area contributed by atoms with Crippen LogP contribution in [0.5, 0.6) is 0 Å². The molecular formula is C30H24N4O2. The summed E-state index contributed by atoms with van der Waals surface area (Å²) in [6.07, 6.45) is 3.82. The zero-order valence-electron chi connectivity index (χ0n) is 19.4. The first-order chi connectivity index (χ1) is 17.5. The maximum absolute atomic E-state index is 11.5. The number of fused-ring (bicyclic) bond motifs is 2. The van der Waals surface area contributed by atoms with E-state index in [1.54, 1.807) is 12.1 Å². The maximum atomic E-state index is 11.5. The summed E-state index contributed by atoms with van der Waals surface area (Å²) >= 11 is 0. The van der Waals surface area contributed by atoms with Crippen LogP contribution in [0, 0.1) is 0 Å². The lowest BCUT2D eigenvalue weighted by atomic mass is 9.99. The number of carbonyl (C=O) groups excluding carboxylic acids is 2. The lowest BCUT2D eigenvalue weighted by Crippen LogP contribution is -2.12. The molecule has 0 bridgehead atoms. The van der Waals surface area contributed by atoms with E-state index in [1.807, 2.05) is 97.3 Å². The lowest BCUT2D eigenvalue weighted by Gasteiger charge is -2.05. The first-order valence-electron chi connectivity index (χ1n) is 11.4. The summed E-state index contributed by atoms with van der Waals surface area (Å²) in [4.78, 5) is 29.3. The third-order valence-electron chi connectivity index (χ3n) is 6.14. The van der Waals surface area contributed by atoms with Gasteiger partial charge in [-0.1, -0.05) is 72.8 Å². The fraction of sp³-hybridized carbons (Fsp3) is 0. The quantitative estimate of drug-likeness (QED) is 0.257. The highest BCUT2D eigenvalue weighted by atomic mass is 16.1. The van der Waals surface area contributed by atoms with Crippen LogP contribution in [0.15, 0.2) is 109 Å². The van der Waals surface area contributed by atoms with Crippen LogP contribution in [0.3, 0.4) is 0 Å². The third kappa shape index (κ3) is 4.23. The predicted molar refractivity (Wildman–Crippen MR) is 145 cm³/mol. The lowest BCUT2D eigenvalue weighted by molar-refractivity contribution is 0.0992. The molecule has 36 heavy (non-hydrogen) atoms. The number of primary amides is 2. The van der Waals surface area contributed by atoms with Crippen molar-refractivity contribution in [2.24, 2.45) is 11.5 Å². The van der Waals surface area contributed by atoms with Crippen LogP contribution in [0.2, 0.25) is 0 Å². The fourth-order valence-electron chi connectivity index (χ4n) is 4.45. The SMILES string of the molecule is NC(=O)c1ccccc1-c1c[nH]c2ccccc12.NC(=O)c1ccccc1-c1c[nH]c2ccccc12. The number of benzene rings is 4. The number of amides is 2. The number of nitrogens with two attached hydrogens (primary N) is 2. The number of rotatable bonds is 4. The van der Waals surface area contributed by atoms with Gasteiger partial charge in [0.15, 0.2) is 0 Å². The standard InChI is InChI=1S/2C15H12N2O/c2*16-15(18)12-7-2-1-5-10(12)13-9-17-14-8-4-3-6-11(13)14/h2*1-9,17H,(H2,16,18). The van der Waals surface area contributed by atoms with Crippen LogP contribution in [0.1, 0.15) is 20.7 Å². The van der Waals surface area contributed by atoms with E-state index >= 15 is 0 Å². The van der Waals surface area contributed by atoms with Gasteiger partial charge in [-0.2, -0.15) is 0 Å². The highest BCUT2D eigenvalue weighted by Crippen LogP contribution is 2.31. The highest BCUT2D eigenvalue weighted by Gasteiger charge is 2.13. The van der Waals surface area contributed by atoms with E-state index in [0.29, 0.717) is 11.1 Å². The van der Waals surface area contributed by atoms with E-state index < -0.39 is 11.8 Å². The van der Waals surface area contributed by atoms with Gasteiger partial charge in [-0.25, -0.2) is 0 Å². The molecule has 0 saturated heterocycles. The molecule has 2 heterocycles. The number of hydrogen-bond donors (Lipinski definition) is 4. The summed E-state index contributed by atoms with van der Waals surface area (Å²) in [6.45, 7) is 0. The number of nitrogens with one attached hydrogen (secondary N) is 2. The number of H-pyrrole nitrogens is 2. The van der Waals surface area contributed by atoms with Crippen LogP contribution in [0.25, 0.3) is 44.1 Å². The molecule has 0 radical (unpaired) electrons. The van der Waals surface area contributed by atoms with Crippen molar-refractivity contribution in [1.29, 1.82) is 0 Å². The van der Waals surface area contributed by atoms with Gasteiger partial charge in [-0.3, -0.25) is 9.59 Å². The Morgan fingerprint density at radius 3 is 1.25 bits per heavy atom. The second kappa shape index (κ2) is 9.64. The van der Waals surface area contributed by atoms with Crippen molar-refractivity contribution < 1.29 is 9.59 Å². The Bertz CT molecular complexity index is 1580. The van der Waals surface area contributed by atoms with Gasteiger partial charge in [-0.05, 0) is 35.4 Å². The minimum absolute atomic E-state index is 0.407. The summed E-state index contributed by atoms with van der Waals surface area (Å²) in [5, 5.41) is 2.18. The zero-order valence-corrected chi connectivity index (χ0v) is 19.4. The smallest absolute Gasteiger partial charge is 0.249 e. The molecule has 2 amide bonds. The molecule has 0 aliphatic carbocycles. The first kappa shape index (κ1) is 22.7. The maximum Gasteiger partial charge on any atom is 0.249 e. The highest BCUT2D eigenvalue weighted by molar-refractivity contribution is 6.06. The van der Waals surface area contributed by atoms with E-state index in [9.17, 15) is 9.59 Å². The van der Waals surface area contributed by atoms with Gasteiger partial charge in [0.2, 0.25) is 11.8 Å². The van der Waals surface area contributed by atoms with E-state index in [1.165, 1.54) is 0 Å². The number of aromatic amines is 2. The molecule has 6 N–H and O–H groups in total. The number of aromatic nitrogens is 2. The van der Waals surface area contributed by atoms with Crippen molar-refractivity contribution in [3.63, 3.8) is 0 Å². The molecule has 6 nitrogen and oxygen atoms in total. The van der Waals surface area contributed by atoms with Gasteiger partial charge in [0.05, 0.1) is 0 Å². The molecule has 6 aromatic rings. The molecule has 0 saturated carbocycles. The molecule has 0 spiro atoms. The van der Waals surface area contributed by atoms with Gasteiger partial charge in [0.25, 0.3) is 0 Å². The number of carbonyl (C=O) groups is 2. The molecule has 0 aliphatic heterocycles. The molecule has 176 valence electrons. The average Bonchev–Trinajstić information content (AvgIpc) is 3.53. The molecule has 6 rings (SSSR count). The number of hydrogen-bond acceptors (Lipinski definition) is 2. The minimum Gasteiger partial charge on any atom is -0.366 e. The summed E-state index contributed by atoms with van der Waals surface area (Å²) in [5.74, 6) is -0.813. The largest absolute Gasteiger partial charge is 0.366 e. The van der Waals surface area contributed by atoms with E-state index in [4.69, 9.17) is 11.5 Å². The van der Waals surface area contributed by atoms with Crippen molar-refractivity contribution in [2.75, 3.05) is 0 Å². The average molecular weight is 473 g/mol. The zero-order chi connectivity index (χ0) is 25.1. The molecule has 2 aromatic heterocycles. The van der Waals surface area contributed by atoms with Crippen molar-refractivity contribution in [3.8, 4) is 22.3 Å². The fourth-order valence-corrected chi connectivity index (χ4v) is 4.45. The van der Waals surface area contributed by atoms with Gasteiger partial charge in [0.1, 0.15) is 0 Å². The molecule has 6 heteroatoms. The van der Waals surface area contributed by atoms with Gasteiger partial charge in [-0.15, -0.1) is 0 Å². The minimum atomic E-state index is -0.407. The van der Waals surface area contributed by atoms with Gasteiger partial charge in [0, 0.05) is 56.5 Å². The first-order valence-corrected chi connectivity index (χ1v) is 11.4. The molecule has 0 aliphatic rings. The Kier molecular flexibility index (Phi) is 6.07. The van der Waals surface area contributed by atoms with Crippen LogP contribution < -0.4 is 11.5 Å².